The third-order valence-electron chi connectivity index (χ3n) is 3.76. The number of amides is 1. The second-order valence-corrected chi connectivity index (χ2v) is 6.49. The Bertz CT molecular complexity index is 1050. The van der Waals surface area contributed by atoms with Crippen LogP contribution in [0.1, 0.15) is 21.7 Å². The maximum absolute atomic E-state index is 12.5. The van der Waals surface area contributed by atoms with Crippen molar-refractivity contribution in [3.8, 4) is 0 Å². The lowest BCUT2D eigenvalue weighted by atomic mass is 10.1. The SMILES string of the molecule is Cc1cc(C)nc(Nc2cccc(NC(=O)c3ccc(Cl)cc3[N+](=O)[O-])c2)n1. The van der Waals surface area contributed by atoms with Crippen LogP contribution in [-0.4, -0.2) is 20.8 Å². The molecule has 1 aromatic heterocycles. The molecule has 142 valence electrons. The lowest BCUT2D eigenvalue weighted by Crippen LogP contribution is -2.14. The lowest BCUT2D eigenvalue weighted by molar-refractivity contribution is -0.385. The van der Waals surface area contributed by atoms with E-state index in [-0.39, 0.29) is 16.3 Å². The van der Waals surface area contributed by atoms with Crippen LogP contribution in [0.15, 0.2) is 48.5 Å². The Labute approximate surface area is 165 Å². The molecule has 3 aromatic rings. The lowest BCUT2D eigenvalue weighted by Gasteiger charge is -2.10. The van der Waals surface area contributed by atoms with Crippen LogP contribution in [0.5, 0.6) is 0 Å². The normalized spacial score (nSPS) is 10.4. The van der Waals surface area contributed by atoms with Gasteiger partial charge in [0.2, 0.25) is 5.95 Å². The van der Waals surface area contributed by atoms with Crippen LogP contribution < -0.4 is 10.6 Å². The summed E-state index contributed by atoms with van der Waals surface area (Å²) < 4.78 is 0. The summed E-state index contributed by atoms with van der Waals surface area (Å²) in [6.07, 6.45) is 0. The zero-order valence-electron chi connectivity index (χ0n) is 15.1. The van der Waals surface area contributed by atoms with Crippen molar-refractivity contribution in [3.63, 3.8) is 0 Å². The van der Waals surface area contributed by atoms with Gasteiger partial charge in [-0.1, -0.05) is 17.7 Å². The molecule has 0 radical (unpaired) electrons. The molecule has 0 aliphatic heterocycles. The van der Waals surface area contributed by atoms with E-state index in [9.17, 15) is 14.9 Å². The Morgan fingerprint density at radius 2 is 1.71 bits per heavy atom. The molecule has 3 rings (SSSR count). The Hall–Kier alpha value is -3.52. The maximum Gasteiger partial charge on any atom is 0.283 e. The highest BCUT2D eigenvalue weighted by atomic mass is 35.5. The number of benzene rings is 2. The van der Waals surface area contributed by atoms with Gasteiger partial charge >= 0.3 is 0 Å². The molecule has 0 aliphatic rings. The Morgan fingerprint density at radius 3 is 2.39 bits per heavy atom. The van der Waals surface area contributed by atoms with E-state index in [4.69, 9.17) is 11.6 Å². The highest BCUT2D eigenvalue weighted by Gasteiger charge is 2.20. The molecule has 1 heterocycles. The van der Waals surface area contributed by atoms with Crippen molar-refractivity contribution >= 4 is 40.5 Å². The predicted molar refractivity (Wildman–Crippen MR) is 107 cm³/mol. The molecule has 0 unspecified atom stereocenters. The largest absolute Gasteiger partial charge is 0.324 e. The highest BCUT2D eigenvalue weighted by molar-refractivity contribution is 6.31. The quantitative estimate of drug-likeness (QED) is 0.479. The van der Waals surface area contributed by atoms with Crippen molar-refractivity contribution in [1.29, 1.82) is 0 Å². The van der Waals surface area contributed by atoms with Crippen LogP contribution in [0.25, 0.3) is 0 Å². The van der Waals surface area contributed by atoms with Crippen molar-refractivity contribution in [3.05, 3.63) is 80.6 Å². The van der Waals surface area contributed by atoms with Crippen molar-refractivity contribution in [2.45, 2.75) is 13.8 Å². The van der Waals surface area contributed by atoms with Gasteiger partial charge in [-0.15, -0.1) is 0 Å². The molecule has 0 saturated carbocycles. The summed E-state index contributed by atoms with van der Waals surface area (Å²) in [5.74, 6) is -0.169. The topological polar surface area (TPSA) is 110 Å². The molecule has 2 N–H and O–H groups in total. The third kappa shape index (κ3) is 4.60. The number of carbonyl (C=O) groups is 1. The molecule has 0 aliphatic carbocycles. The van der Waals surface area contributed by atoms with Gasteiger partial charge in [-0.25, -0.2) is 9.97 Å². The smallest absolute Gasteiger partial charge is 0.283 e. The number of nitrogens with one attached hydrogen (secondary N) is 2. The van der Waals surface area contributed by atoms with Crippen LogP contribution >= 0.6 is 11.6 Å². The molecule has 0 saturated heterocycles. The van der Waals surface area contributed by atoms with Crippen LogP contribution in [0.2, 0.25) is 5.02 Å². The van der Waals surface area contributed by atoms with Crippen molar-refractivity contribution in [2.24, 2.45) is 0 Å². The van der Waals surface area contributed by atoms with Crippen LogP contribution in [0, 0.1) is 24.0 Å². The molecule has 8 nitrogen and oxygen atoms in total. The standard InChI is InChI=1S/C19H16ClN5O3/c1-11-8-12(2)22-19(21-11)24-15-5-3-4-14(10-15)23-18(26)16-7-6-13(20)9-17(16)25(27)28/h3-10H,1-2H3,(H,23,26)(H,21,22,24). The van der Waals surface area contributed by atoms with E-state index in [0.717, 1.165) is 17.5 Å². The number of carbonyl (C=O) groups excluding carboxylic acids is 1. The zero-order valence-corrected chi connectivity index (χ0v) is 15.8. The molecular formula is C19H16ClN5O3. The minimum Gasteiger partial charge on any atom is -0.324 e. The van der Waals surface area contributed by atoms with Gasteiger partial charge in [-0.3, -0.25) is 14.9 Å². The van der Waals surface area contributed by atoms with Gasteiger partial charge in [-0.2, -0.15) is 0 Å². The summed E-state index contributed by atoms with van der Waals surface area (Å²) >= 11 is 5.79. The number of nitro benzene ring substituents is 1. The first-order valence-corrected chi connectivity index (χ1v) is 8.64. The number of aromatic nitrogens is 2. The molecule has 9 heteroatoms. The van der Waals surface area contributed by atoms with Gasteiger partial charge in [0.25, 0.3) is 11.6 Å². The van der Waals surface area contributed by atoms with Crippen molar-refractivity contribution in [2.75, 3.05) is 10.6 Å². The van der Waals surface area contributed by atoms with E-state index in [1.165, 1.54) is 12.1 Å². The number of nitro groups is 1. The van der Waals surface area contributed by atoms with E-state index in [1.807, 2.05) is 19.9 Å². The van der Waals surface area contributed by atoms with E-state index in [1.54, 1.807) is 24.3 Å². The minimum atomic E-state index is -0.643. The molecule has 1 amide bonds. The van der Waals surface area contributed by atoms with Crippen LogP contribution in [-0.2, 0) is 0 Å². The first kappa shape index (κ1) is 19.2. The molecule has 0 spiro atoms. The second-order valence-electron chi connectivity index (χ2n) is 6.05. The summed E-state index contributed by atoms with van der Waals surface area (Å²) in [5, 5.41) is 17.1. The van der Waals surface area contributed by atoms with Gasteiger partial charge < -0.3 is 10.6 Å². The van der Waals surface area contributed by atoms with Gasteiger partial charge in [-0.05, 0) is 50.2 Å². The van der Waals surface area contributed by atoms with Crippen molar-refractivity contribution < 1.29 is 9.72 Å². The fourth-order valence-electron chi connectivity index (χ4n) is 2.63. The molecule has 28 heavy (non-hydrogen) atoms. The Morgan fingerprint density at radius 1 is 1.04 bits per heavy atom. The Balaban J connectivity index is 1.81. The van der Waals surface area contributed by atoms with Crippen LogP contribution in [0.3, 0.4) is 0 Å². The summed E-state index contributed by atoms with van der Waals surface area (Å²) in [6, 6.07) is 12.6. The zero-order chi connectivity index (χ0) is 20.3. The third-order valence-corrected chi connectivity index (χ3v) is 4.00. The number of halogens is 1. The van der Waals surface area contributed by atoms with E-state index in [0.29, 0.717) is 17.3 Å². The number of rotatable bonds is 5. The average molecular weight is 398 g/mol. The summed E-state index contributed by atoms with van der Waals surface area (Å²) in [5.41, 5.74) is 2.34. The monoisotopic (exact) mass is 397 g/mol. The van der Waals surface area contributed by atoms with E-state index >= 15 is 0 Å². The number of hydrogen-bond acceptors (Lipinski definition) is 6. The van der Waals surface area contributed by atoms with Crippen LogP contribution in [0.4, 0.5) is 23.0 Å². The molecule has 0 fully saturated rings. The number of hydrogen-bond donors (Lipinski definition) is 2. The van der Waals surface area contributed by atoms with Gasteiger partial charge in [0, 0.05) is 33.9 Å². The molecule has 2 aromatic carbocycles. The average Bonchev–Trinajstić information content (AvgIpc) is 2.60. The fourth-order valence-corrected chi connectivity index (χ4v) is 2.80. The number of anilines is 3. The Kier molecular flexibility index (Phi) is 5.51. The number of aryl methyl sites for hydroxylation is 2. The summed E-state index contributed by atoms with van der Waals surface area (Å²) in [6.45, 7) is 3.74. The van der Waals surface area contributed by atoms with Gasteiger partial charge in [0.1, 0.15) is 5.56 Å². The highest BCUT2D eigenvalue weighted by Crippen LogP contribution is 2.25. The van der Waals surface area contributed by atoms with Gasteiger partial charge in [0.15, 0.2) is 0 Å². The fraction of sp³-hybridized carbons (Fsp3) is 0.105. The molecule has 0 bridgehead atoms. The maximum atomic E-state index is 12.5. The van der Waals surface area contributed by atoms with Crippen molar-refractivity contribution in [1.82, 2.24) is 9.97 Å². The van der Waals surface area contributed by atoms with Gasteiger partial charge in [0.05, 0.1) is 4.92 Å². The number of nitrogens with zero attached hydrogens (tertiary/aromatic N) is 3. The van der Waals surface area contributed by atoms with E-state index in [2.05, 4.69) is 20.6 Å². The van der Waals surface area contributed by atoms with E-state index < -0.39 is 10.8 Å². The molecular weight excluding hydrogens is 382 g/mol. The summed E-state index contributed by atoms with van der Waals surface area (Å²) in [7, 11) is 0. The second kappa shape index (κ2) is 8.01. The molecule has 0 atom stereocenters. The minimum absolute atomic E-state index is 0.0783. The predicted octanol–water partition coefficient (Wildman–Crippen LogP) is 4.65. The first-order valence-electron chi connectivity index (χ1n) is 8.26. The summed E-state index contributed by atoms with van der Waals surface area (Å²) in [4.78, 5) is 31.7. The first-order chi connectivity index (χ1) is 13.3.